The molecule has 1 aromatic heterocycles. The topological polar surface area (TPSA) is 58.6 Å². The molecule has 1 aliphatic heterocycles. The number of ether oxygens (including phenoxy) is 1. The van der Waals surface area contributed by atoms with Crippen molar-refractivity contribution in [3.05, 3.63) is 42.1 Å². The van der Waals surface area contributed by atoms with Gasteiger partial charge in [0.05, 0.1) is 6.54 Å². The number of carbonyl (C=O) groups is 1. The molecule has 1 aliphatic rings. The third-order valence-corrected chi connectivity index (χ3v) is 5.48. The van der Waals surface area contributed by atoms with Crippen LogP contribution in [0.15, 0.2) is 36.5 Å². The van der Waals surface area contributed by atoms with E-state index >= 15 is 0 Å². The Morgan fingerprint density at radius 3 is 2.62 bits per heavy atom. The minimum absolute atomic E-state index is 0.0497. The molecular formula is C23H29F3N4O2. The summed E-state index contributed by atoms with van der Waals surface area (Å²) in [6, 6.07) is 9.48. The van der Waals surface area contributed by atoms with E-state index < -0.39 is 12.7 Å². The number of aromatic nitrogens is 2. The highest BCUT2D eigenvalue weighted by molar-refractivity contribution is 5.76. The molecule has 0 N–H and O–H groups in total. The number of anilines is 2. The van der Waals surface area contributed by atoms with E-state index in [1.54, 1.807) is 19.9 Å². The lowest BCUT2D eigenvalue weighted by Crippen LogP contribution is -2.35. The van der Waals surface area contributed by atoms with Crippen molar-refractivity contribution in [2.45, 2.75) is 51.8 Å². The molecule has 0 spiro atoms. The lowest BCUT2D eigenvalue weighted by Gasteiger charge is -2.24. The van der Waals surface area contributed by atoms with Crippen molar-refractivity contribution in [2.75, 3.05) is 36.0 Å². The summed E-state index contributed by atoms with van der Waals surface area (Å²) in [4.78, 5) is 22.8. The number of benzene rings is 1. The molecule has 9 heteroatoms. The summed E-state index contributed by atoms with van der Waals surface area (Å²) in [5.41, 5.74) is 1.09. The van der Waals surface area contributed by atoms with Crippen LogP contribution in [0, 0.1) is 0 Å². The molecule has 3 rings (SSSR count). The van der Waals surface area contributed by atoms with Crippen LogP contribution in [0.5, 0.6) is 5.75 Å². The number of halogens is 3. The molecule has 1 saturated heterocycles. The van der Waals surface area contributed by atoms with Gasteiger partial charge in [-0.05, 0) is 43.5 Å². The second kappa shape index (κ2) is 10.2. The summed E-state index contributed by atoms with van der Waals surface area (Å²) in [5.74, 6) is 1.74. The molecule has 1 fully saturated rings. The number of rotatable bonds is 9. The van der Waals surface area contributed by atoms with Crippen molar-refractivity contribution in [1.29, 1.82) is 0 Å². The number of ketones is 1. The maximum absolute atomic E-state index is 12.8. The van der Waals surface area contributed by atoms with Gasteiger partial charge in [-0.3, -0.25) is 0 Å². The average Bonchev–Trinajstić information content (AvgIpc) is 3.20. The number of carbonyl (C=O) groups excluding carboxylic acids is 1. The first kappa shape index (κ1) is 23.8. The molecule has 32 heavy (non-hydrogen) atoms. The largest absolute Gasteiger partial charge is 0.489 e. The number of nitrogens with zero attached hydrogens (tertiary/aromatic N) is 4. The number of hydrogen-bond donors (Lipinski definition) is 0. The van der Waals surface area contributed by atoms with E-state index in [0.717, 1.165) is 22.6 Å². The zero-order chi connectivity index (χ0) is 23.3. The van der Waals surface area contributed by atoms with E-state index in [-0.39, 0.29) is 30.3 Å². The summed E-state index contributed by atoms with van der Waals surface area (Å²) in [5, 5.41) is 0. The van der Waals surface area contributed by atoms with Crippen LogP contribution in [0.3, 0.4) is 0 Å². The zero-order valence-electron chi connectivity index (χ0n) is 18.6. The Bertz CT molecular complexity index is 905. The molecule has 2 atom stereocenters. The fourth-order valence-corrected chi connectivity index (χ4v) is 3.86. The first-order valence-corrected chi connectivity index (χ1v) is 10.8. The molecule has 2 aromatic rings. The van der Waals surface area contributed by atoms with Crippen LogP contribution in [0.1, 0.15) is 45.1 Å². The van der Waals surface area contributed by atoms with E-state index in [0.29, 0.717) is 25.3 Å². The Labute approximate surface area is 186 Å². The number of alkyl halides is 3. The van der Waals surface area contributed by atoms with Gasteiger partial charge in [0.1, 0.15) is 30.0 Å². The summed E-state index contributed by atoms with van der Waals surface area (Å²) in [6.07, 6.45) is -1.59. The Morgan fingerprint density at radius 1 is 1.28 bits per heavy atom. The molecule has 0 radical (unpaired) electrons. The maximum atomic E-state index is 12.8. The minimum Gasteiger partial charge on any atom is -0.489 e. The zero-order valence-corrected chi connectivity index (χ0v) is 18.6. The SMILES string of the molecule is CCN(CC(F)(F)F)c1nccc(N2CC[C@@H](Oc3ccc([C@H](C)CC(C)=O)cc3)C2)n1. The normalized spacial score (nSPS) is 17.3. The fourth-order valence-electron chi connectivity index (χ4n) is 3.86. The van der Waals surface area contributed by atoms with E-state index in [1.807, 2.05) is 36.1 Å². The predicted octanol–water partition coefficient (Wildman–Crippen LogP) is 4.61. The fraction of sp³-hybridized carbons (Fsp3) is 0.522. The molecule has 1 aromatic carbocycles. The van der Waals surface area contributed by atoms with Gasteiger partial charge in [0, 0.05) is 32.1 Å². The van der Waals surface area contributed by atoms with Crippen LogP contribution >= 0.6 is 0 Å². The van der Waals surface area contributed by atoms with Crippen LogP contribution in [0.25, 0.3) is 0 Å². The highest BCUT2D eigenvalue weighted by atomic mass is 19.4. The standard InChI is InChI=1S/C23H29F3N4O2/c1-4-29(15-23(24,25)26)22-27-11-9-21(28-22)30-12-10-20(14-30)32-19-7-5-18(6-8-19)16(2)13-17(3)31/h5-9,11,16,20H,4,10,12-15H2,1-3H3/t16-,20-/m1/s1. The second-order valence-electron chi connectivity index (χ2n) is 8.19. The van der Waals surface area contributed by atoms with Crippen molar-refractivity contribution >= 4 is 17.5 Å². The van der Waals surface area contributed by atoms with Crippen LogP contribution in [0.2, 0.25) is 0 Å². The van der Waals surface area contributed by atoms with E-state index in [4.69, 9.17) is 4.74 Å². The molecule has 0 saturated carbocycles. The summed E-state index contributed by atoms with van der Waals surface area (Å²) in [7, 11) is 0. The van der Waals surface area contributed by atoms with Crippen LogP contribution in [0.4, 0.5) is 24.9 Å². The van der Waals surface area contributed by atoms with Gasteiger partial charge in [0.2, 0.25) is 5.95 Å². The third-order valence-electron chi connectivity index (χ3n) is 5.48. The lowest BCUT2D eigenvalue weighted by molar-refractivity contribution is -0.120. The Hall–Kier alpha value is -2.84. The molecular weight excluding hydrogens is 421 g/mol. The van der Waals surface area contributed by atoms with E-state index in [1.165, 1.54) is 6.20 Å². The van der Waals surface area contributed by atoms with Gasteiger partial charge < -0.3 is 19.3 Å². The summed E-state index contributed by atoms with van der Waals surface area (Å²) in [6.45, 7) is 5.63. The monoisotopic (exact) mass is 450 g/mol. The third kappa shape index (κ3) is 6.58. The van der Waals surface area contributed by atoms with Crippen molar-refractivity contribution < 1.29 is 22.7 Å². The molecule has 0 bridgehead atoms. The van der Waals surface area contributed by atoms with Gasteiger partial charge >= 0.3 is 6.18 Å². The van der Waals surface area contributed by atoms with Crippen LogP contribution in [-0.4, -0.2) is 54.2 Å². The summed E-state index contributed by atoms with van der Waals surface area (Å²) >= 11 is 0. The summed E-state index contributed by atoms with van der Waals surface area (Å²) < 4.78 is 44.6. The van der Waals surface area contributed by atoms with Gasteiger partial charge in [-0.15, -0.1) is 0 Å². The van der Waals surface area contributed by atoms with Gasteiger partial charge in [-0.25, -0.2) is 4.98 Å². The molecule has 6 nitrogen and oxygen atoms in total. The van der Waals surface area contributed by atoms with E-state index in [2.05, 4.69) is 9.97 Å². The van der Waals surface area contributed by atoms with Crippen molar-refractivity contribution in [1.82, 2.24) is 9.97 Å². The predicted molar refractivity (Wildman–Crippen MR) is 117 cm³/mol. The lowest BCUT2D eigenvalue weighted by atomic mass is 9.96. The quantitative estimate of drug-likeness (QED) is 0.556. The number of hydrogen-bond acceptors (Lipinski definition) is 6. The molecule has 0 unspecified atom stereocenters. The van der Waals surface area contributed by atoms with Crippen molar-refractivity contribution in [3.8, 4) is 5.75 Å². The molecule has 174 valence electrons. The second-order valence-corrected chi connectivity index (χ2v) is 8.19. The Morgan fingerprint density at radius 2 is 2.00 bits per heavy atom. The maximum Gasteiger partial charge on any atom is 0.406 e. The minimum atomic E-state index is -4.32. The van der Waals surface area contributed by atoms with Gasteiger partial charge in [-0.1, -0.05) is 19.1 Å². The van der Waals surface area contributed by atoms with Gasteiger partial charge in [0.15, 0.2) is 0 Å². The average molecular weight is 451 g/mol. The highest BCUT2D eigenvalue weighted by Crippen LogP contribution is 2.26. The van der Waals surface area contributed by atoms with Crippen molar-refractivity contribution in [2.24, 2.45) is 0 Å². The first-order chi connectivity index (χ1) is 15.1. The smallest absolute Gasteiger partial charge is 0.406 e. The molecule has 2 heterocycles. The Kier molecular flexibility index (Phi) is 7.58. The molecule has 0 aliphatic carbocycles. The molecule has 0 amide bonds. The van der Waals surface area contributed by atoms with Gasteiger partial charge in [0.25, 0.3) is 0 Å². The van der Waals surface area contributed by atoms with Gasteiger partial charge in [-0.2, -0.15) is 18.2 Å². The van der Waals surface area contributed by atoms with Crippen molar-refractivity contribution in [3.63, 3.8) is 0 Å². The van der Waals surface area contributed by atoms with Crippen LogP contribution < -0.4 is 14.5 Å². The Balaban J connectivity index is 1.60. The number of Topliss-reactive ketones (excluding diaryl/α,β-unsaturated/α-hetero) is 1. The first-order valence-electron chi connectivity index (χ1n) is 10.8. The van der Waals surface area contributed by atoms with Crippen LogP contribution in [-0.2, 0) is 4.79 Å². The van der Waals surface area contributed by atoms with E-state index in [9.17, 15) is 18.0 Å². The highest BCUT2D eigenvalue weighted by Gasteiger charge is 2.32.